The molecule has 0 radical (unpaired) electrons. The first-order valence-corrected chi connectivity index (χ1v) is 10.4. The summed E-state index contributed by atoms with van der Waals surface area (Å²) in [4.78, 5) is 2.51. The van der Waals surface area contributed by atoms with Crippen molar-refractivity contribution in [1.29, 1.82) is 0 Å². The molecule has 1 aliphatic heterocycles. The van der Waals surface area contributed by atoms with Crippen molar-refractivity contribution in [2.24, 2.45) is 0 Å². The van der Waals surface area contributed by atoms with Gasteiger partial charge in [-0.15, -0.1) is 0 Å². The van der Waals surface area contributed by atoms with E-state index < -0.39 is 0 Å². The molecule has 0 saturated carbocycles. The van der Waals surface area contributed by atoms with Gasteiger partial charge in [0, 0.05) is 27.6 Å². The van der Waals surface area contributed by atoms with E-state index >= 15 is 0 Å². The van der Waals surface area contributed by atoms with Crippen molar-refractivity contribution in [2.45, 2.75) is 39.0 Å². The molecule has 0 aromatic heterocycles. The fraction of sp³-hybridized carbons (Fsp3) is 0.429. The number of piperidine rings is 1. The standard InChI is InChI=1S/C21H26BrClN2O/c1-2-25-11-9-20(10-12-25)24-14-17-13-18(22)5-8-21(17)26-15-16-3-6-19(23)7-4-16/h3-8,13,20,24H,2,9-12,14-15H2,1H3. The van der Waals surface area contributed by atoms with Crippen molar-refractivity contribution >= 4 is 27.5 Å². The summed E-state index contributed by atoms with van der Waals surface area (Å²) >= 11 is 9.53. The predicted molar refractivity (Wildman–Crippen MR) is 112 cm³/mol. The molecule has 26 heavy (non-hydrogen) atoms. The Morgan fingerprint density at radius 1 is 1.15 bits per heavy atom. The van der Waals surface area contributed by atoms with Crippen LogP contribution in [-0.2, 0) is 13.2 Å². The van der Waals surface area contributed by atoms with E-state index in [1.165, 1.54) is 31.5 Å². The number of halogens is 2. The highest BCUT2D eigenvalue weighted by Crippen LogP contribution is 2.25. The monoisotopic (exact) mass is 436 g/mol. The van der Waals surface area contributed by atoms with Gasteiger partial charge in [0.25, 0.3) is 0 Å². The number of benzene rings is 2. The van der Waals surface area contributed by atoms with E-state index in [9.17, 15) is 0 Å². The maximum absolute atomic E-state index is 6.08. The zero-order valence-electron chi connectivity index (χ0n) is 15.2. The van der Waals surface area contributed by atoms with Crippen LogP contribution in [0.1, 0.15) is 30.9 Å². The summed E-state index contributed by atoms with van der Waals surface area (Å²) < 4.78 is 7.16. The molecule has 2 aromatic carbocycles. The molecule has 3 rings (SSSR count). The lowest BCUT2D eigenvalue weighted by Gasteiger charge is -2.31. The minimum atomic E-state index is 0.542. The van der Waals surface area contributed by atoms with Crippen LogP contribution in [0.3, 0.4) is 0 Å². The molecule has 3 nitrogen and oxygen atoms in total. The number of likely N-dealkylation sites (tertiary alicyclic amines) is 1. The molecule has 5 heteroatoms. The molecule has 0 spiro atoms. The van der Waals surface area contributed by atoms with E-state index in [-0.39, 0.29) is 0 Å². The highest BCUT2D eigenvalue weighted by atomic mass is 79.9. The highest BCUT2D eigenvalue weighted by molar-refractivity contribution is 9.10. The summed E-state index contributed by atoms with van der Waals surface area (Å²) in [6.45, 7) is 7.13. The van der Waals surface area contributed by atoms with E-state index in [1.54, 1.807) is 0 Å². The third kappa shape index (κ3) is 5.71. The van der Waals surface area contributed by atoms with Gasteiger partial charge >= 0.3 is 0 Å². The Kier molecular flexibility index (Phi) is 7.38. The summed E-state index contributed by atoms with van der Waals surface area (Å²) in [6.07, 6.45) is 2.42. The normalized spacial score (nSPS) is 16.0. The average Bonchev–Trinajstić information content (AvgIpc) is 2.67. The first kappa shape index (κ1) is 19.7. The first-order chi connectivity index (χ1) is 12.6. The molecular weight excluding hydrogens is 412 g/mol. The van der Waals surface area contributed by atoms with Gasteiger partial charge in [0.05, 0.1) is 0 Å². The second kappa shape index (κ2) is 9.75. The van der Waals surface area contributed by atoms with E-state index in [1.807, 2.05) is 36.4 Å². The van der Waals surface area contributed by atoms with Crippen molar-refractivity contribution in [3.05, 3.63) is 63.1 Å². The van der Waals surface area contributed by atoms with Crippen molar-refractivity contribution in [3.8, 4) is 5.75 Å². The molecule has 1 N–H and O–H groups in total. The number of nitrogens with zero attached hydrogens (tertiary/aromatic N) is 1. The lowest BCUT2D eigenvalue weighted by atomic mass is 10.0. The van der Waals surface area contributed by atoms with Gasteiger partial charge < -0.3 is 15.0 Å². The number of ether oxygens (including phenoxy) is 1. The molecule has 0 unspecified atom stereocenters. The third-order valence-corrected chi connectivity index (χ3v) is 5.69. The van der Waals surface area contributed by atoms with Crippen molar-refractivity contribution < 1.29 is 4.74 Å². The zero-order chi connectivity index (χ0) is 18.4. The molecule has 140 valence electrons. The second-order valence-electron chi connectivity index (χ2n) is 6.76. The van der Waals surface area contributed by atoms with Gasteiger partial charge in [-0.05, 0) is 68.4 Å². The summed E-state index contributed by atoms with van der Waals surface area (Å²) in [5.74, 6) is 0.932. The van der Waals surface area contributed by atoms with Crippen LogP contribution >= 0.6 is 27.5 Å². The van der Waals surface area contributed by atoms with Crippen LogP contribution in [-0.4, -0.2) is 30.6 Å². The predicted octanol–water partition coefficient (Wildman–Crippen LogP) is 5.26. The molecule has 0 bridgehead atoms. The molecular formula is C21H26BrClN2O. The largest absolute Gasteiger partial charge is 0.489 e. The minimum absolute atomic E-state index is 0.542. The number of nitrogens with one attached hydrogen (secondary N) is 1. The van der Waals surface area contributed by atoms with Crippen molar-refractivity contribution in [1.82, 2.24) is 10.2 Å². The first-order valence-electron chi connectivity index (χ1n) is 9.25. The fourth-order valence-corrected chi connectivity index (χ4v) is 3.81. The summed E-state index contributed by atoms with van der Waals surface area (Å²) in [7, 11) is 0. The van der Waals surface area contributed by atoms with Crippen molar-refractivity contribution in [3.63, 3.8) is 0 Å². The van der Waals surface area contributed by atoms with Crippen molar-refractivity contribution in [2.75, 3.05) is 19.6 Å². The highest BCUT2D eigenvalue weighted by Gasteiger charge is 2.18. The third-order valence-electron chi connectivity index (χ3n) is 4.95. The number of hydrogen-bond donors (Lipinski definition) is 1. The van der Waals surface area contributed by atoms with Crippen LogP contribution in [0.2, 0.25) is 5.02 Å². The Bertz CT molecular complexity index is 700. The molecule has 2 aromatic rings. The van der Waals surface area contributed by atoms with Gasteiger partial charge in [-0.1, -0.05) is 46.6 Å². The molecule has 1 heterocycles. The van der Waals surface area contributed by atoms with Gasteiger partial charge in [0.15, 0.2) is 0 Å². The van der Waals surface area contributed by atoms with Gasteiger partial charge in [-0.3, -0.25) is 0 Å². The Morgan fingerprint density at radius 3 is 2.58 bits per heavy atom. The van der Waals surface area contributed by atoms with Gasteiger partial charge in [0.2, 0.25) is 0 Å². The lowest BCUT2D eigenvalue weighted by molar-refractivity contribution is 0.205. The zero-order valence-corrected chi connectivity index (χ0v) is 17.5. The number of rotatable bonds is 7. The van der Waals surface area contributed by atoms with E-state index in [2.05, 4.69) is 39.1 Å². The van der Waals surface area contributed by atoms with Gasteiger partial charge in [0.1, 0.15) is 12.4 Å². The average molecular weight is 438 g/mol. The SMILES string of the molecule is CCN1CCC(NCc2cc(Br)ccc2OCc2ccc(Cl)cc2)CC1. The topological polar surface area (TPSA) is 24.5 Å². The molecule has 0 atom stereocenters. The molecule has 1 aliphatic rings. The minimum Gasteiger partial charge on any atom is -0.489 e. The fourth-order valence-electron chi connectivity index (χ4n) is 3.28. The van der Waals surface area contributed by atoms with Gasteiger partial charge in [-0.25, -0.2) is 0 Å². The van der Waals surface area contributed by atoms with E-state index in [0.29, 0.717) is 12.6 Å². The summed E-state index contributed by atoms with van der Waals surface area (Å²) in [5, 5.41) is 4.46. The van der Waals surface area contributed by atoms with Crippen LogP contribution in [0.5, 0.6) is 5.75 Å². The Morgan fingerprint density at radius 2 is 1.88 bits per heavy atom. The van der Waals surface area contributed by atoms with Crippen LogP contribution in [0, 0.1) is 0 Å². The molecule has 0 amide bonds. The molecule has 1 fully saturated rings. The van der Waals surface area contributed by atoms with E-state index in [0.717, 1.165) is 33.9 Å². The summed E-state index contributed by atoms with van der Waals surface area (Å²) in [6, 6.07) is 14.6. The number of hydrogen-bond acceptors (Lipinski definition) is 3. The smallest absolute Gasteiger partial charge is 0.124 e. The maximum atomic E-state index is 6.08. The summed E-state index contributed by atoms with van der Waals surface area (Å²) in [5.41, 5.74) is 2.30. The maximum Gasteiger partial charge on any atom is 0.124 e. The van der Waals surface area contributed by atoms with Crippen LogP contribution in [0.25, 0.3) is 0 Å². The Labute approximate surface area is 169 Å². The second-order valence-corrected chi connectivity index (χ2v) is 8.11. The quantitative estimate of drug-likeness (QED) is 0.640. The van der Waals surface area contributed by atoms with Gasteiger partial charge in [-0.2, -0.15) is 0 Å². The lowest BCUT2D eigenvalue weighted by Crippen LogP contribution is -2.42. The van der Waals surface area contributed by atoms with Crippen LogP contribution < -0.4 is 10.1 Å². The molecule has 1 saturated heterocycles. The van der Waals surface area contributed by atoms with Crippen LogP contribution in [0.4, 0.5) is 0 Å². The Hall–Kier alpha value is -1.07. The molecule has 0 aliphatic carbocycles. The van der Waals surface area contributed by atoms with Crippen LogP contribution in [0.15, 0.2) is 46.9 Å². The van der Waals surface area contributed by atoms with E-state index in [4.69, 9.17) is 16.3 Å². The Balaban J connectivity index is 1.58.